The molecule has 4 nitrogen and oxygen atoms in total. The summed E-state index contributed by atoms with van der Waals surface area (Å²) in [6.07, 6.45) is 1.89. The number of ether oxygens (including phenoxy) is 1. The van der Waals surface area contributed by atoms with Gasteiger partial charge in [0.25, 0.3) is 5.91 Å². The molecule has 0 unspecified atom stereocenters. The molecule has 0 saturated heterocycles. The number of methoxy groups -OCH3 is 1. The van der Waals surface area contributed by atoms with Crippen LogP contribution in [0.5, 0.6) is 5.75 Å². The van der Waals surface area contributed by atoms with Gasteiger partial charge < -0.3 is 4.74 Å². The van der Waals surface area contributed by atoms with Crippen LogP contribution in [0.2, 0.25) is 0 Å². The molecule has 0 fully saturated rings. The van der Waals surface area contributed by atoms with Crippen LogP contribution in [0.3, 0.4) is 0 Å². The molecule has 0 spiro atoms. The number of rotatable bonds is 6. The predicted octanol–water partition coefficient (Wildman–Crippen LogP) is 6.00. The average molecular weight is 413 g/mol. The summed E-state index contributed by atoms with van der Waals surface area (Å²) in [5.41, 5.74) is 4.13. The van der Waals surface area contributed by atoms with Crippen LogP contribution in [0.15, 0.2) is 90.3 Å². The Kier molecular flexibility index (Phi) is 6.01. The van der Waals surface area contributed by atoms with Crippen LogP contribution in [0.1, 0.15) is 11.1 Å². The van der Waals surface area contributed by atoms with Crippen molar-refractivity contribution in [3.63, 3.8) is 0 Å². The second-order valence-electron chi connectivity index (χ2n) is 6.56. The number of anilines is 1. The van der Waals surface area contributed by atoms with E-state index in [-0.39, 0.29) is 5.91 Å². The van der Waals surface area contributed by atoms with Gasteiger partial charge in [0, 0.05) is 16.5 Å². The Labute approximate surface area is 179 Å². The molecule has 0 aliphatic carbocycles. The van der Waals surface area contributed by atoms with Crippen LogP contribution in [-0.4, -0.2) is 18.0 Å². The van der Waals surface area contributed by atoms with Crippen molar-refractivity contribution in [3.8, 4) is 17.0 Å². The first-order valence-corrected chi connectivity index (χ1v) is 10.3. The minimum atomic E-state index is -0.198. The molecule has 0 aliphatic rings. The van der Waals surface area contributed by atoms with E-state index < -0.39 is 0 Å². The molecule has 148 valence electrons. The summed E-state index contributed by atoms with van der Waals surface area (Å²) in [5.74, 6) is 0.569. The second-order valence-corrected chi connectivity index (χ2v) is 7.42. The summed E-state index contributed by atoms with van der Waals surface area (Å²) in [7, 11) is 1.63. The number of carbonyl (C=O) groups is 1. The summed E-state index contributed by atoms with van der Waals surface area (Å²) in [4.78, 5) is 17.7. The predicted molar refractivity (Wildman–Crippen MR) is 123 cm³/mol. The van der Waals surface area contributed by atoms with Crippen molar-refractivity contribution in [2.75, 3.05) is 12.4 Å². The molecular weight excluding hydrogens is 392 g/mol. The first kappa shape index (κ1) is 19.6. The highest BCUT2D eigenvalue weighted by Gasteiger charge is 2.15. The van der Waals surface area contributed by atoms with E-state index in [1.807, 2.05) is 96.4 Å². The number of amides is 1. The summed E-state index contributed by atoms with van der Waals surface area (Å²) in [5, 5.41) is 5.42. The SMILES string of the molecule is COc1cccc(-c2csc(NC(=O)/C(=C/c3ccccc3)c3ccccc3)n2)c1. The van der Waals surface area contributed by atoms with E-state index in [4.69, 9.17) is 4.74 Å². The van der Waals surface area contributed by atoms with E-state index in [2.05, 4.69) is 10.3 Å². The molecule has 0 bridgehead atoms. The van der Waals surface area contributed by atoms with E-state index in [1.54, 1.807) is 7.11 Å². The monoisotopic (exact) mass is 412 g/mol. The van der Waals surface area contributed by atoms with Crippen molar-refractivity contribution in [2.24, 2.45) is 0 Å². The molecule has 30 heavy (non-hydrogen) atoms. The van der Waals surface area contributed by atoms with Gasteiger partial charge in [-0.1, -0.05) is 72.8 Å². The molecule has 5 heteroatoms. The zero-order valence-corrected chi connectivity index (χ0v) is 17.2. The lowest BCUT2D eigenvalue weighted by Crippen LogP contribution is -2.13. The van der Waals surface area contributed by atoms with Crippen molar-refractivity contribution < 1.29 is 9.53 Å². The van der Waals surface area contributed by atoms with Gasteiger partial charge in [0.1, 0.15) is 5.75 Å². The first-order chi connectivity index (χ1) is 14.7. The molecule has 1 heterocycles. The smallest absolute Gasteiger partial charge is 0.258 e. The van der Waals surface area contributed by atoms with E-state index in [9.17, 15) is 4.79 Å². The number of thiazole rings is 1. The number of nitrogens with zero attached hydrogens (tertiary/aromatic N) is 1. The molecule has 0 atom stereocenters. The maximum absolute atomic E-state index is 13.1. The summed E-state index contributed by atoms with van der Waals surface area (Å²) >= 11 is 1.39. The van der Waals surface area contributed by atoms with Gasteiger partial charge in [0.15, 0.2) is 5.13 Å². The zero-order valence-electron chi connectivity index (χ0n) is 16.4. The Morgan fingerprint density at radius 1 is 0.967 bits per heavy atom. The van der Waals surface area contributed by atoms with Crippen LogP contribution >= 0.6 is 11.3 Å². The Bertz CT molecular complexity index is 1170. The molecule has 1 aromatic heterocycles. The number of hydrogen-bond acceptors (Lipinski definition) is 4. The van der Waals surface area contributed by atoms with Crippen LogP contribution in [0.4, 0.5) is 5.13 Å². The molecule has 3 aromatic carbocycles. The highest BCUT2D eigenvalue weighted by atomic mass is 32.1. The number of nitrogens with one attached hydrogen (secondary N) is 1. The first-order valence-electron chi connectivity index (χ1n) is 9.46. The van der Waals surface area contributed by atoms with Crippen molar-refractivity contribution in [1.29, 1.82) is 0 Å². The Balaban J connectivity index is 1.60. The third-order valence-electron chi connectivity index (χ3n) is 4.53. The van der Waals surface area contributed by atoms with Crippen molar-refractivity contribution in [3.05, 3.63) is 101 Å². The molecule has 0 radical (unpaired) electrons. The van der Waals surface area contributed by atoms with E-state index in [0.29, 0.717) is 10.7 Å². The van der Waals surface area contributed by atoms with Gasteiger partial charge >= 0.3 is 0 Å². The molecule has 0 aliphatic heterocycles. The van der Waals surface area contributed by atoms with Gasteiger partial charge in [-0.15, -0.1) is 11.3 Å². The Morgan fingerprint density at radius 3 is 2.43 bits per heavy atom. The standard InChI is InChI=1S/C25H20N2O2S/c1-29-21-14-8-13-20(16-21)23-17-30-25(26-23)27-24(28)22(19-11-6-3-7-12-19)15-18-9-4-2-5-10-18/h2-17H,1H3,(H,26,27,28)/b22-15+. The molecule has 1 N–H and O–H groups in total. The van der Waals surface area contributed by atoms with E-state index in [1.165, 1.54) is 11.3 Å². The van der Waals surface area contributed by atoms with Gasteiger partial charge in [0.05, 0.1) is 12.8 Å². The van der Waals surface area contributed by atoms with Crippen molar-refractivity contribution >= 4 is 34.0 Å². The van der Waals surface area contributed by atoms with Crippen LogP contribution in [0, 0.1) is 0 Å². The number of hydrogen-bond donors (Lipinski definition) is 1. The Hall–Kier alpha value is -3.70. The van der Waals surface area contributed by atoms with E-state index >= 15 is 0 Å². The van der Waals surface area contributed by atoms with Gasteiger partial charge in [-0.25, -0.2) is 4.98 Å². The highest BCUT2D eigenvalue weighted by Crippen LogP contribution is 2.28. The minimum Gasteiger partial charge on any atom is -0.497 e. The van der Waals surface area contributed by atoms with Gasteiger partial charge in [0.2, 0.25) is 0 Å². The lowest BCUT2D eigenvalue weighted by atomic mass is 10.0. The van der Waals surface area contributed by atoms with Crippen LogP contribution < -0.4 is 10.1 Å². The molecule has 0 saturated carbocycles. The number of aromatic nitrogens is 1. The third-order valence-corrected chi connectivity index (χ3v) is 5.29. The highest BCUT2D eigenvalue weighted by molar-refractivity contribution is 7.14. The lowest BCUT2D eigenvalue weighted by molar-refractivity contribution is -0.111. The second kappa shape index (κ2) is 9.20. The maximum Gasteiger partial charge on any atom is 0.258 e. The fourth-order valence-corrected chi connectivity index (χ4v) is 3.74. The van der Waals surface area contributed by atoms with E-state index in [0.717, 1.165) is 28.1 Å². The largest absolute Gasteiger partial charge is 0.497 e. The zero-order chi connectivity index (χ0) is 20.8. The maximum atomic E-state index is 13.1. The average Bonchev–Trinajstić information content (AvgIpc) is 3.27. The number of benzene rings is 3. The molecular formula is C25H20N2O2S. The molecule has 1 amide bonds. The van der Waals surface area contributed by atoms with Crippen LogP contribution in [-0.2, 0) is 4.79 Å². The third kappa shape index (κ3) is 4.64. The molecule has 4 rings (SSSR count). The fraction of sp³-hybridized carbons (Fsp3) is 0.0400. The summed E-state index contributed by atoms with van der Waals surface area (Å²) < 4.78 is 5.28. The van der Waals surface area contributed by atoms with Gasteiger partial charge in [-0.2, -0.15) is 0 Å². The topological polar surface area (TPSA) is 51.2 Å². The molecule has 4 aromatic rings. The lowest BCUT2D eigenvalue weighted by Gasteiger charge is -2.08. The fourth-order valence-electron chi connectivity index (χ4n) is 3.02. The summed E-state index contributed by atoms with van der Waals surface area (Å²) in [6, 6.07) is 27.1. The van der Waals surface area contributed by atoms with Crippen LogP contribution in [0.25, 0.3) is 22.9 Å². The van der Waals surface area contributed by atoms with Gasteiger partial charge in [-0.3, -0.25) is 10.1 Å². The van der Waals surface area contributed by atoms with Crippen molar-refractivity contribution in [1.82, 2.24) is 4.98 Å². The normalized spacial score (nSPS) is 11.2. The Morgan fingerprint density at radius 2 is 1.70 bits per heavy atom. The minimum absolute atomic E-state index is 0.198. The quantitative estimate of drug-likeness (QED) is 0.312. The van der Waals surface area contributed by atoms with Gasteiger partial charge in [-0.05, 0) is 29.3 Å². The van der Waals surface area contributed by atoms with Crippen molar-refractivity contribution in [2.45, 2.75) is 0 Å². The number of carbonyl (C=O) groups excluding carboxylic acids is 1. The summed E-state index contributed by atoms with van der Waals surface area (Å²) in [6.45, 7) is 0.